The second kappa shape index (κ2) is 10.2. The molecule has 6 nitrogen and oxygen atoms in total. The van der Waals surface area contributed by atoms with E-state index in [1.165, 1.54) is 11.3 Å². The summed E-state index contributed by atoms with van der Waals surface area (Å²) in [5, 5.41) is 9.30. The summed E-state index contributed by atoms with van der Waals surface area (Å²) in [4.78, 5) is 2.58. The number of ether oxygens (including phenoxy) is 2. The van der Waals surface area contributed by atoms with Gasteiger partial charge in [-0.2, -0.15) is 5.10 Å². The van der Waals surface area contributed by atoms with Gasteiger partial charge in [-0.05, 0) is 31.9 Å². The zero-order valence-corrected chi connectivity index (χ0v) is 18.8. The van der Waals surface area contributed by atoms with E-state index in [0.29, 0.717) is 18.5 Å². The third kappa shape index (κ3) is 5.06. The molecule has 2 aromatic rings. The predicted octanol–water partition coefficient (Wildman–Crippen LogP) is 3.03. The highest BCUT2D eigenvalue weighted by molar-refractivity contribution is 6.31. The largest absolute Gasteiger partial charge is 0.381 e. The van der Waals surface area contributed by atoms with Crippen LogP contribution in [0.25, 0.3) is 0 Å². The smallest absolute Gasteiger partial charge is 0.0677 e. The lowest BCUT2D eigenvalue weighted by Crippen LogP contribution is -2.51. The van der Waals surface area contributed by atoms with Gasteiger partial charge in [0.2, 0.25) is 0 Å². The molecule has 0 bridgehead atoms. The molecule has 2 aliphatic rings. The Morgan fingerprint density at radius 1 is 1.17 bits per heavy atom. The Hall–Kier alpha value is -1.44. The number of nitrogens with one attached hydrogen (secondary N) is 1. The first-order valence-corrected chi connectivity index (χ1v) is 11.4. The molecule has 0 amide bonds. The molecule has 2 atom stereocenters. The summed E-state index contributed by atoms with van der Waals surface area (Å²) in [5.41, 5.74) is 4.66. The standard InChI is InChI=1S/C23H33ClN4O2/c1-17-21(18(2)28(26-17)15-19-5-3-4-6-22(19)24)13-25-14-23(20-7-10-30-16-20)27-8-11-29-12-9-27/h3-6,20,23,25H,7-16H2,1-2H3/t20-,23+/m0/s1. The maximum absolute atomic E-state index is 6.35. The van der Waals surface area contributed by atoms with Gasteiger partial charge in [-0.15, -0.1) is 0 Å². The second-order valence-corrected chi connectivity index (χ2v) is 8.78. The first-order valence-electron chi connectivity index (χ1n) is 11.0. The van der Waals surface area contributed by atoms with Gasteiger partial charge in [0.1, 0.15) is 0 Å². The van der Waals surface area contributed by atoms with Gasteiger partial charge in [0.15, 0.2) is 0 Å². The summed E-state index contributed by atoms with van der Waals surface area (Å²) in [7, 11) is 0. The van der Waals surface area contributed by atoms with Gasteiger partial charge in [0.05, 0.1) is 32.1 Å². The molecule has 30 heavy (non-hydrogen) atoms. The fourth-order valence-electron chi connectivity index (χ4n) is 4.64. The Bertz CT molecular complexity index is 829. The van der Waals surface area contributed by atoms with E-state index in [1.807, 2.05) is 18.2 Å². The number of aryl methyl sites for hydroxylation is 1. The van der Waals surface area contributed by atoms with Crippen LogP contribution in [0, 0.1) is 19.8 Å². The minimum absolute atomic E-state index is 0.496. The van der Waals surface area contributed by atoms with Crippen molar-refractivity contribution in [2.75, 3.05) is 46.1 Å². The Kier molecular flexibility index (Phi) is 7.44. The molecule has 0 aliphatic carbocycles. The molecular formula is C23H33ClN4O2. The summed E-state index contributed by atoms with van der Waals surface area (Å²) in [6, 6.07) is 8.48. The summed E-state index contributed by atoms with van der Waals surface area (Å²) in [6.07, 6.45) is 1.15. The number of nitrogens with zero attached hydrogens (tertiary/aromatic N) is 3. The first-order chi connectivity index (χ1) is 14.6. The van der Waals surface area contributed by atoms with Gasteiger partial charge < -0.3 is 14.8 Å². The number of aromatic nitrogens is 2. The number of rotatable bonds is 8. The second-order valence-electron chi connectivity index (χ2n) is 8.37. The third-order valence-corrected chi connectivity index (χ3v) is 6.86. The van der Waals surface area contributed by atoms with E-state index in [1.54, 1.807) is 0 Å². The minimum atomic E-state index is 0.496. The fourth-order valence-corrected chi connectivity index (χ4v) is 4.83. The Balaban J connectivity index is 1.40. The van der Waals surface area contributed by atoms with E-state index < -0.39 is 0 Å². The predicted molar refractivity (Wildman–Crippen MR) is 119 cm³/mol. The highest BCUT2D eigenvalue weighted by atomic mass is 35.5. The molecule has 7 heteroatoms. The molecule has 0 unspecified atom stereocenters. The van der Waals surface area contributed by atoms with E-state index in [2.05, 4.69) is 34.8 Å². The zero-order chi connectivity index (χ0) is 20.9. The van der Waals surface area contributed by atoms with E-state index in [4.69, 9.17) is 26.2 Å². The SMILES string of the molecule is Cc1nn(Cc2ccccc2Cl)c(C)c1CNC[C@H]([C@H]1CCOC1)N1CCOCC1. The molecule has 3 heterocycles. The molecule has 0 spiro atoms. The van der Waals surface area contributed by atoms with Crippen LogP contribution in [0.4, 0.5) is 0 Å². The van der Waals surface area contributed by atoms with Crippen molar-refractivity contribution in [1.82, 2.24) is 20.0 Å². The molecule has 1 aromatic carbocycles. The Morgan fingerprint density at radius 3 is 2.70 bits per heavy atom. The zero-order valence-electron chi connectivity index (χ0n) is 18.1. The molecule has 1 aromatic heterocycles. The van der Waals surface area contributed by atoms with Crippen LogP contribution in [0.15, 0.2) is 24.3 Å². The summed E-state index contributed by atoms with van der Waals surface area (Å²) in [6.45, 7) is 12.2. The maximum atomic E-state index is 6.35. The summed E-state index contributed by atoms with van der Waals surface area (Å²) >= 11 is 6.35. The molecule has 2 saturated heterocycles. The highest BCUT2D eigenvalue weighted by Gasteiger charge is 2.31. The van der Waals surface area contributed by atoms with Crippen LogP contribution in [0.3, 0.4) is 0 Å². The van der Waals surface area contributed by atoms with Gasteiger partial charge in [-0.3, -0.25) is 9.58 Å². The van der Waals surface area contributed by atoms with Crippen LogP contribution < -0.4 is 5.32 Å². The van der Waals surface area contributed by atoms with Crippen LogP contribution in [-0.2, 0) is 22.6 Å². The van der Waals surface area contributed by atoms with Crippen molar-refractivity contribution < 1.29 is 9.47 Å². The average Bonchev–Trinajstić information content (AvgIpc) is 3.37. The maximum Gasteiger partial charge on any atom is 0.0677 e. The quantitative estimate of drug-likeness (QED) is 0.694. The molecule has 164 valence electrons. The molecule has 1 N–H and O–H groups in total. The van der Waals surface area contributed by atoms with Crippen molar-refractivity contribution in [3.05, 3.63) is 51.8 Å². The number of halogens is 1. The lowest BCUT2D eigenvalue weighted by molar-refractivity contribution is 0.00137. The monoisotopic (exact) mass is 432 g/mol. The molecule has 2 fully saturated rings. The van der Waals surface area contributed by atoms with Crippen molar-refractivity contribution in [3.63, 3.8) is 0 Å². The van der Waals surface area contributed by atoms with Crippen LogP contribution in [0.1, 0.15) is 28.9 Å². The van der Waals surface area contributed by atoms with E-state index >= 15 is 0 Å². The number of morpholine rings is 1. The molecule has 0 radical (unpaired) electrons. The molecular weight excluding hydrogens is 400 g/mol. The van der Waals surface area contributed by atoms with Crippen LogP contribution in [0.2, 0.25) is 5.02 Å². The fraction of sp³-hybridized carbons (Fsp3) is 0.609. The summed E-state index contributed by atoms with van der Waals surface area (Å²) in [5.74, 6) is 0.598. The minimum Gasteiger partial charge on any atom is -0.381 e. The lowest BCUT2D eigenvalue weighted by Gasteiger charge is -2.37. The van der Waals surface area contributed by atoms with Crippen molar-refractivity contribution >= 4 is 11.6 Å². The van der Waals surface area contributed by atoms with Gasteiger partial charge >= 0.3 is 0 Å². The van der Waals surface area contributed by atoms with Gasteiger partial charge in [0, 0.05) is 61.0 Å². The normalized spacial score (nSPS) is 21.2. The summed E-state index contributed by atoms with van der Waals surface area (Å²) < 4.78 is 13.3. The number of hydrogen-bond acceptors (Lipinski definition) is 5. The number of hydrogen-bond donors (Lipinski definition) is 1. The number of benzene rings is 1. The highest BCUT2D eigenvalue weighted by Crippen LogP contribution is 2.23. The van der Waals surface area contributed by atoms with Gasteiger partial charge in [-0.1, -0.05) is 29.8 Å². The molecule has 4 rings (SSSR count). The van der Waals surface area contributed by atoms with Crippen molar-refractivity contribution in [3.8, 4) is 0 Å². The molecule has 0 saturated carbocycles. The van der Waals surface area contributed by atoms with Gasteiger partial charge in [0.25, 0.3) is 0 Å². The van der Waals surface area contributed by atoms with Crippen molar-refractivity contribution in [2.45, 2.75) is 39.4 Å². The van der Waals surface area contributed by atoms with Crippen LogP contribution in [-0.4, -0.2) is 66.8 Å². The molecule has 2 aliphatic heterocycles. The van der Waals surface area contributed by atoms with E-state index in [9.17, 15) is 0 Å². The average molecular weight is 433 g/mol. The first kappa shape index (κ1) is 21.8. The lowest BCUT2D eigenvalue weighted by atomic mass is 9.96. The van der Waals surface area contributed by atoms with E-state index in [-0.39, 0.29) is 0 Å². The van der Waals surface area contributed by atoms with Gasteiger partial charge in [-0.25, -0.2) is 0 Å². The van der Waals surface area contributed by atoms with Crippen LogP contribution >= 0.6 is 11.6 Å². The van der Waals surface area contributed by atoms with Crippen LogP contribution in [0.5, 0.6) is 0 Å². The third-order valence-electron chi connectivity index (χ3n) is 6.49. The van der Waals surface area contributed by atoms with Crippen molar-refractivity contribution in [2.24, 2.45) is 5.92 Å². The van der Waals surface area contributed by atoms with E-state index in [0.717, 1.165) is 75.3 Å². The Labute approximate surface area is 184 Å². The van der Waals surface area contributed by atoms with Crippen molar-refractivity contribution in [1.29, 1.82) is 0 Å². The topological polar surface area (TPSA) is 51.5 Å². The Morgan fingerprint density at radius 2 is 1.97 bits per heavy atom.